The third-order valence-electron chi connectivity index (χ3n) is 6.94. The first-order valence-electron chi connectivity index (χ1n) is 10.6. The Bertz CT molecular complexity index is 813. The topological polar surface area (TPSA) is 45.6 Å². The zero-order chi connectivity index (χ0) is 18.4. The minimum absolute atomic E-state index is 0.147. The first kappa shape index (κ1) is 17.2. The number of carbonyl (C=O) groups excluding carboxylic acids is 1. The number of likely N-dealkylation sites (tertiary alicyclic amines) is 2. The highest BCUT2D eigenvalue weighted by Gasteiger charge is 2.38. The van der Waals surface area contributed by atoms with E-state index in [0.717, 1.165) is 69.8 Å². The van der Waals surface area contributed by atoms with E-state index in [0.29, 0.717) is 17.7 Å². The number of aromatic nitrogens is 1. The van der Waals surface area contributed by atoms with E-state index < -0.39 is 0 Å². The average Bonchev–Trinajstić information content (AvgIpc) is 3.37. The van der Waals surface area contributed by atoms with Gasteiger partial charge in [0.15, 0.2) is 0 Å². The molecule has 0 saturated carbocycles. The number of pyridine rings is 1. The van der Waals surface area contributed by atoms with Gasteiger partial charge in [-0.25, -0.2) is 0 Å². The summed E-state index contributed by atoms with van der Waals surface area (Å²) in [4.78, 5) is 30.5. The zero-order valence-corrected chi connectivity index (χ0v) is 16.0. The van der Waals surface area contributed by atoms with Gasteiger partial charge < -0.3 is 9.47 Å². The number of amides is 1. The first-order chi connectivity index (χ1) is 13.2. The lowest BCUT2D eigenvalue weighted by Gasteiger charge is -2.43. The summed E-state index contributed by atoms with van der Waals surface area (Å²) in [5.74, 6) is 1.18. The maximum atomic E-state index is 13.1. The van der Waals surface area contributed by atoms with Crippen molar-refractivity contribution in [3.8, 4) is 0 Å². The summed E-state index contributed by atoms with van der Waals surface area (Å²) in [5, 5.41) is 0. The smallest absolute Gasteiger partial charge is 0.255 e. The highest BCUT2D eigenvalue weighted by Crippen LogP contribution is 2.36. The van der Waals surface area contributed by atoms with Gasteiger partial charge in [-0.1, -0.05) is 18.2 Å². The lowest BCUT2D eigenvalue weighted by Crippen LogP contribution is -2.50. The van der Waals surface area contributed by atoms with E-state index in [2.05, 4.69) is 34.1 Å². The molecule has 1 aromatic heterocycles. The van der Waals surface area contributed by atoms with Crippen LogP contribution in [0.15, 0.2) is 29.1 Å². The Hall–Kier alpha value is -1.88. The second kappa shape index (κ2) is 6.93. The molecule has 4 aliphatic rings. The fourth-order valence-electron chi connectivity index (χ4n) is 5.55. The van der Waals surface area contributed by atoms with Gasteiger partial charge >= 0.3 is 0 Å². The van der Waals surface area contributed by atoms with Crippen molar-refractivity contribution in [1.82, 2.24) is 14.4 Å². The van der Waals surface area contributed by atoms with Crippen LogP contribution in [0.4, 0.5) is 0 Å². The van der Waals surface area contributed by atoms with Crippen molar-refractivity contribution >= 4 is 5.91 Å². The number of hydrogen-bond acceptors (Lipinski definition) is 3. The Labute approximate surface area is 160 Å². The van der Waals surface area contributed by atoms with Crippen molar-refractivity contribution in [2.45, 2.75) is 51.1 Å². The Kier molecular flexibility index (Phi) is 4.43. The molecule has 1 amide bonds. The predicted molar refractivity (Wildman–Crippen MR) is 105 cm³/mol. The molecule has 0 radical (unpaired) electrons. The average molecular weight is 367 g/mol. The van der Waals surface area contributed by atoms with Crippen LogP contribution in [-0.2, 0) is 17.9 Å². The molecule has 0 N–H and O–H groups in total. The second-order valence-corrected chi connectivity index (χ2v) is 8.86. The van der Waals surface area contributed by atoms with Crippen LogP contribution in [0, 0.1) is 11.8 Å². The van der Waals surface area contributed by atoms with E-state index >= 15 is 0 Å². The highest BCUT2D eigenvalue weighted by atomic mass is 16.2. The van der Waals surface area contributed by atoms with E-state index in [1.807, 2.05) is 4.57 Å². The molecule has 0 spiro atoms. The van der Waals surface area contributed by atoms with E-state index in [1.54, 1.807) is 0 Å². The largest absolute Gasteiger partial charge is 0.341 e. The zero-order valence-electron chi connectivity index (χ0n) is 16.0. The summed E-state index contributed by atoms with van der Waals surface area (Å²) in [6.45, 7) is 5.36. The minimum Gasteiger partial charge on any atom is -0.341 e. The van der Waals surface area contributed by atoms with Crippen molar-refractivity contribution < 1.29 is 4.79 Å². The van der Waals surface area contributed by atoms with E-state index in [1.165, 1.54) is 12.8 Å². The van der Waals surface area contributed by atoms with Gasteiger partial charge in [-0.2, -0.15) is 0 Å². The Morgan fingerprint density at radius 3 is 2.59 bits per heavy atom. The molecular formula is C22H29N3O2. The lowest BCUT2D eigenvalue weighted by atomic mass is 9.82. The summed E-state index contributed by atoms with van der Waals surface area (Å²) in [5.41, 5.74) is 2.28. The number of hydrogen-bond donors (Lipinski definition) is 0. The molecule has 2 fully saturated rings. The second-order valence-electron chi connectivity index (χ2n) is 8.86. The molecule has 144 valence electrons. The molecule has 4 heterocycles. The van der Waals surface area contributed by atoms with Crippen molar-refractivity contribution in [3.63, 3.8) is 0 Å². The molecule has 1 aliphatic carbocycles. The van der Waals surface area contributed by atoms with Gasteiger partial charge in [0.1, 0.15) is 0 Å². The van der Waals surface area contributed by atoms with Crippen LogP contribution in [0.5, 0.6) is 0 Å². The summed E-state index contributed by atoms with van der Waals surface area (Å²) < 4.78 is 2.03. The third-order valence-corrected chi connectivity index (χ3v) is 6.94. The normalized spacial score (nSPS) is 27.9. The van der Waals surface area contributed by atoms with Gasteiger partial charge in [-0.3, -0.25) is 14.5 Å². The molecule has 0 unspecified atom stereocenters. The number of allylic oxidation sites excluding steroid dienone is 2. The van der Waals surface area contributed by atoms with E-state index in [-0.39, 0.29) is 11.5 Å². The van der Waals surface area contributed by atoms with Crippen LogP contribution in [-0.4, -0.2) is 46.5 Å². The number of fused-ring (bicyclic) bond motifs is 4. The van der Waals surface area contributed by atoms with Gasteiger partial charge in [0.05, 0.1) is 0 Å². The van der Waals surface area contributed by atoms with Gasteiger partial charge in [-0.15, -0.1) is 0 Å². The quantitative estimate of drug-likeness (QED) is 0.771. The lowest BCUT2D eigenvalue weighted by molar-refractivity contribution is -0.138. The van der Waals surface area contributed by atoms with Gasteiger partial charge in [0.25, 0.3) is 5.56 Å². The highest BCUT2D eigenvalue weighted by molar-refractivity contribution is 5.80. The maximum Gasteiger partial charge on any atom is 0.255 e. The van der Waals surface area contributed by atoms with Crippen LogP contribution in [0.1, 0.15) is 49.3 Å². The Morgan fingerprint density at radius 2 is 1.81 bits per heavy atom. The molecule has 3 aliphatic heterocycles. The standard InChI is InChI=1S/C22H29N3O2/c26-21(17-5-1-2-6-17)24-12-16-11-19(15-24)20-8-7-18(22(27)25(20)13-16)14-23-9-3-4-10-23/h1-2,7-8,16-17,19H,3-6,9-15H2/t16-,19+/m0/s1. The van der Waals surface area contributed by atoms with Crippen LogP contribution in [0.25, 0.3) is 0 Å². The fraction of sp³-hybridized carbons (Fsp3) is 0.636. The van der Waals surface area contributed by atoms with Gasteiger partial charge in [-0.05, 0) is 57.2 Å². The first-order valence-corrected chi connectivity index (χ1v) is 10.6. The van der Waals surface area contributed by atoms with E-state index in [4.69, 9.17) is 0 Å². The summed E-state index contributed by atoms with van der Waals surface area (Å²) in [7, 11) is 0. The van der Waals surface area contributed by atoms with E-state index in [9.17, 15) is 9.59 Å². The van der Waals surface area contributed by atoms with Crippen molar-refractivity contribution in [2.75, 3.05) is 26.2 Å². The summed E-state index contributed by atoms with van der Waals surface area (Å²) in [6, 6.07) is 4.22. The predicted octanol–water partition coefficient (Wildman–Crippen LogP) is 2.36. The fourth-order valence-corrected chi connectivity index (χ4v) is 5.55. The molecule has 5 nitrogen and oxygen atoms in total. The van der Waals surface area contributed by atoms with Crippen molar-refractivity contribution in [3.05, 3.63) is 45.9 Å². The van der Waals surface area contributed by atoms with Gasteiger partial charge in [0.2, 0.25) is 5.91 Å². The van der Waals surface area contributed by atoms with Crippen molar-refractivity contribution in [2.24, 2.45) is 11.8 Å². The Morgan fingerprint density at radius 1 is 1.04 bits per heavy atom. The van der Waals surface area contributed by atoms with Gasteiger partial charge in [0, 0.05) is 49.3 Å². The maximum absolute atomic E-state index is 13.1. The molecule has 2 saturated heterocycles. The number of nitrogens with zero attached hydrogens (tertiary/aromatic N) is 3. The number of piperidine rings is 1. The molecule has 0 aromatic carbocycles. The number of carbonyl (C=O) groups is 1. The third kappa shape index (κ3) is 3.16. The monoisotopic (exact) mass is 367 g/mol. The Balaban J connectivity index is 1.36. The molecule has 2 atom stereocenters. The summed E-state index contributed by atoms with van der Waals surface area (Å²) in [6.07, 6.45) is 9.64. The SMILES string of the molecule is O=C(C1CC=CC1)N1C[C@@H]2C[C@H](C1)c1ccc(CN3CCCC3)c(=O)n1C2. The molecule has 27 heavy (non-hydrogen) atoms. The molecule has 5 rings (SSSR count). The van der Waals surface area contributed by atoms with Crippen molar-refractivity contribution in [1.29, 1.82) is 0 Å². The summed E-state index contributed by atoms with van der Waals surface area (Å²) >= 11 is 0. The molecule has 1 aromatic rings. The molecule has 2 bridgehead atoms. The van der Waals surface area contributed by atoms with Crippen LogP contribution >= 0.6 is 0 Å². The number of rotatable bonds is 3. The minimum atomic E-state index is 0.147. The van der Waals surface area contributed by atoms with Crippen LogP contribution < -0.4 is 5.56 Å². The molecular weight excluding hydrogens is 338 g/mol. The van der Waals surface area contributed by atoms with Crippen LogP contribution in [0.2, 0.25) is 0 Å². The van der Waals surface area contributed by atoms with Crippen LogP contribution in [0.3, 0.4) is 0 Å². The molecule has 5 heteroatoms.